The molecule has 98 valence electrons. The van der Waals surface area contributed by atoms with E-state index in [0.717, 1.165) is 31.6 Å². The lowest BCUT2D eigenvalue weighted by atomic mass is 10.3. The van der Waals surface area contributed by atoms with Gasteiger partial charge >= 0.3 is 0 Å². The van der Waals surface area contributed by atoms with Gasteiger partial charge in [0.1, 0.15) is 0 Å². The molecular formula is C14H21N3O. The summed E-state index contributed by atoms with van der Waals surface area (Å²) >= 11 is 0. The molecule has 0 radical (unpaired) electrons. The van der Waals surface area contributed by atoms with Crippen molar-refractivity contribution in [3.05, 3.63) is 30.1 Å². The molecule has 1 aromatic rings. The highest BCUT2D eigenvalue weighted by molar-refractivity contribution is 5.77. The summed E-state index contributed by atoms with van der Waals surface area (Å²) in [5.74, 6) is 0.240. The normalized spacial score (nSPS) is 14.5. The summed E-state index contributed by atoms with van der Waals surface area (Å²) in [6.45, 7) is 4.38. The maximum absolute atomic E-state index is 12.2. The SMILES string of the molecule is CCNCCC(=O)N(Cc1ccccn1)C1CC1. The third-order valence-electron chi connectivity index (χ3n) is 3.13. The molecule has 1 amide bonds. The predicted octanol–water partition coefficient (Wildman–Crippen LogP) is 1.57. The minimum Gasteiger partial charge on any atom is -0.334 e. The van der Waals surface area contributed by atoms with E-state index >= 15 is 0 Å². The lowest BCUT2D eigenvalue weighted by molar-refractivity contribution is -0.132. The Bertz CT molecular complexity index is 376. The summed E-state index contributed by atoms with van der Waals surface area (Å²) in [5, 5.41) is 3.19. The largest absolute Gasteiger partial charge is 0.334 e. The van der Waals surface area contributed by atoms with E-state index in [0.29, 0.717) is 19.0 Å². The van der Waals surface area contributed by atoms with Gasteiger partial charge in [0.15, 0.2) is 0 Å². The number of amides is 1. The van der Waals surface area contributed by atoms with Gasteiger partial charge in [-0.15, -0.1) is 0 Å². The molecule has 0 spiro atoms. The maximum Gasteiger partial charge on any atom is 0.224 e. The van der Waals surface area contributed by atoms with Crippen LogP contribution < -0.4 is 5.32 Å². The highest BCUT2D eigenvalue weighted by atomic mass is 16.2. The van der Waals surface area contributed by atoms with Crippen LogP contribution in [-0.2, 0) is 11.3 Å². The molecule has 1 fully saturated rings. The van der Waals surface area contributed by atoms with Crippen molar-refractivity contribution in [1.82, 2.24) is 15.2 Å². The van der Waals surface area contributed by atoms with E-state index in [1.54, 1.807) is 6.20 Å². The van der Waals surface area contributed by atoms with Gasteiger partial charge in [-0.2, -0.15) is 0 Å². The van der Waals surface area contributed by atoms with Gasteiger partial charge in [0.05, 0.1) is 12.2 Å². The number of carbonyl (C=O) groups is 1. The first-order valence-electron chi connectivity index (χ1n) is 6.71. The first kappa shape index (κ1) is 13.0. The molecule has 0 aromatic carbocycles. The van der Waals surface area contributed by atoms with Crippen LogP contribution in [0.15, 0.2) is 24.4 Å². The first-order chi connectivity index (χ1) is 8.81. The van der Waals surface area contributed by atoms with E-state index in [1.165, 1.54) is 0 Å². The summed E-state index contributed by atoms with van der Waals surface area (Å²) in [7, 11) is 0. The third kappa shape index (κ3) is 3.81. The van der Waals surface area contributed by atoms with E-state index in [1.807, 2.05) is 23.1 Å². The molecule has 1 aromatic heterocycles. The number of hydrogen-bond acceptors (Lipinski definition) is 3. The molecule has 0 bridgehead atoms. The van der Waals surface area contributed by atoms with E-state index < -0.39 is 0 Å². The number of carbonyl (C=O) groups excluding carboxylic acids is 1. The van der Waals surface area contributed by atoms with Crippen molar-refractivity contribution in [3.8, 4) is 0 Å². The number of nitrogens with zero attached hydrogens (tertiary/aromatic N) is 2. The lowest BCUT2D eigenvalue weighted by Gasteiger charge is -2.22. The molecule has 1 heterocycles. The molecule has 1 N–H and O–H groups in total. The Balaban J connectivity index is 1.89. The molecule has 1 aliphatic rings. The molecule has 18 heavy (non-hydrogen) atoms. The van der Waals surface area contributed by atoms with Gasteiger partial charge in [-0.25, -0.2) is 0 Å². The third-order valence-corrected chi connectivity index (χ3v) is 3.13. The molecule has 0 unspecified atom stereocenters. The summed E-state index contributed by atoms with van der Waals surface area (Å²) in [6.07, 6.45) is 4.64. The lowest BCUT2D eigenvalue weighted by Crippen LogP contribution is -2.34. The van der Waals surface area contributed by atoms with Crippen LogP contribution in [0.4, 0.5) is 0 Å². The highest BCUT2D eigenvalue weighted by Gasteiger charge is 2.32. The monoisotopic (exact) mass is 247 g/mol. The second kappa shape index (κ2) is 6.50. The molecule has 1 saturated carbocycles. The highest BCUT2D eigenvalue weighted by Crippen LogP contribution is 2.28. The van der Waals surface area contributed by atoms with Crippen LogP contribution in [0.1, 0.15) is 31.9 Å². The Morgan fingerprint density at radius 2 is 2.33 bits per heavy atom. The van der Waals surface area contributed by atoms with Crippen molar-refractivity contribution in [2.24, 2.45) is 0 Å². The molecule has 0 aliphatic heterocycles. The molecule has 1 aliphatic carbocycles. The predicted molar refractivity (Wildman–Crippen MR) is 71.0 cm³/mol. The van der Waals surface area contributed by atoms with E-state index in [9.17, 15) is 4.79 Å². The van der Waals surface area contributed by atoms with Gasteiger partial charge in [-0.05, 0) is 31.5 Å². The fourth-order valence-electron chi connectivity index (χ4n) is 1.99. The second-order valence-electron chi connectivity index (χ2n) is 4.68. The average Bonchev–Trinajstić information content (AvgIpc) is 3.21. The fraction of sp³-hybridized carbons (Fsp3) is 0.571. The maximum atomic E-state index is 12.2. The molecule has 4 nitrogen and oxygen atoms in total. The van der Waals surface area contributed by atoms with Crippen molar-refractivity contribution in [2.45, 2.75) is 38.8 Å². The number of rotatable bonds is 7. The van der Waals surface area contributed by atoms with Crippen molar-refractivity contribution >= 4 is 5.91 Å². The van der Waals surface area contributed by atoms with Crippen molar-refractivity contribution < 1.29 is 4.79 Å². The van der Waals surface area contributed by atoms with E-state index in [2.05, 4.69) is 17.2 Å². The summed E-state index contributed by atoms with van der Waals surface area (Å²) in [5.41, 5.74) is 0.973. The van der Waals surface area contributed by atoms with Gasteiger partial charge in [-0.1, -0.05) is 13.0 Å². The Hall–Kier alpha value is -1.42. The summed E-state index contributed by atoms with van der Waals surface area (Å²) in [6, 6.07) is 6.29. The van der Waals surface area contributed by atoms with E-state index in [4.69, 9.17) is 0 Å². The van der Waals surface area contributed by atoms with Crippen LogP contribution in [0.2, 0.25) is 0 Å². The fourth-order valence-corrected chi connectivity index (χ4v) is 1.99. The van der Waals surface area contributed by atoms with Crippen LogP contribution in [0.5, 0.6) is 0 Å². The Morgan fingerprint density at radius 3 is 2.94 bits per heavy atom. The van der Waals surface area contributed by atoms with Crippen LogP contribution in [0.3, 0.4) is 0 Å². The van der Waals surface area contributed by atoms with Gasteiger partial charge in [0.2, 0.25) is 5.91 Å². The van der Waals surface area contributed by atoms with Crippen LogP contribution in [-0.4, -0.2) is 34.9 Å². The smallest absolute Gasteiger partial charge is 0.224 e. The zero-order chi connectivity index (χ0) is 12.8. The van der Waals surface area contributed by atoms with Crippen molar-refractivity contribution in [3.63, 3.8) is 0 Å². The van der Waals surface area contributed by atoms with Crippen LogP contribution in [0.25, 0.3) is 0 Å². The average molecular weight is 247 g/mol. The quantitative estimate of drug-likeness (QED) is 0.744. The van der Waals surface area contributed by atoms with Gasteiger partial charge in [-0.3, -0.25) is 9.78 Å². The standard InChI is InChI=1S/C14H21N3O/c1-2-15-10-8-14(18)17(13-6-7-13)11-12-5-3-4-9-16-12/h3-5,9,13,15H,2,6-8,10-11H2,1H3. The second-order valence-corrected chi connectivity index (χ2v) is 4.68. The van der Waals surface area contributed by atoms with Crippen molar-refractivity contribution in [2.75, 3.05) is 13.1 Å². The molecule has 0 saturated heterocycles. The first-order valence-corrected chi connectivity index (χ1v) is 6.71. The number of aromatic nitrogens is 1. The van der Waals surface area contributed by atoms with Crippen molar-refractivity contribution in [1.29, 1.82) is 0 Å². The Morgan fingerprint density at radius 1 is 1.50 bits per heavy atom. The number of hydrogen-bond donors (Lipinski definition) is 1. The zero-order valence-electron chi connectivity index (χ0n) is 10.9. The summed E-state index contributed by atoms with van der Waals surface area (Å²) < 4.78 is 0. The number of nitrogens with one attached hydrogen (secondary N) is 1. The van der Waals surface area contributed by atoms with Crippen LogP contribution >= 0.6 is 0 Å². The van der Waals surface area contributed by atoms with Crippen LogP contribution in [0, 0.1) is 0 Å². The van der Waals surface area contributed by atoms with E-state index in [-0.39, 0.29) is 5.91 Å². The summed E-state index contributed by atoms with van der Waals surface area (Å²) in [4.78, 5) is 18.4. The number of pyridine rings is 1. The topological polar surface area (TPSA) is 45.2 Å². The molecule has 4 heteroatoms. The molecular weight excluding hydrogens is 226 g/mol. The minimum absolute atomic E-state index is 0.240. The molecule has 0 atom stereocenters. The zero-order valence-corrected chi connectivity index (χ0v) is 10.9. The Labute approximate surface area is 108 Å². The van der Waals surface area contributed by atoms with Gasteiger partial charge < -0.3 is 10.2 Å². The minimum atomic E-state index is 0.240. The molecule has 2 rings (SSSR count). The van der Waals surface area contributed by atoms with Gasteiger partial charge in [0, 0.05) is 25.2 Å². The van der Waals surface area contributed by atoms with Gasteiger partial charge in [0.25, 0.3) is 0 Å². The Kier molecular flexibility index (Phi) is 4.70.